The first-order valence-electron chi connectivity index (χ1n) is 10.8. The molecule has 1 amide bonds. The molecule has 0 N–H and O–H groups in total. The number of pyridine rings is 1. The number of nitrogens with zero attached hydrogens (tertiary/aromatic N) is 4. The summed E-state index contributed by atoms with van der Waals surface area (Å²) in [4.78, 5) is 19.4. The summed E-state index contributed by atoms with van der Waals surface area (Å²) in [5.41, 5.74) is 2.82. The second-order valence-corrected chi connectivity index (χ2v) is 8.33. The SMILES string of the molecule is CC(C)c1nnc(CCC(=O)N2CCCC2c2ccc(Cc3cccc(F)c3)cn2)o1. The van der Waals surface area contributed by atoms with Crippen molar-refractivity contribution in [3.8, 4) is 0 Å². The van der Waals surface area contributed by atoms with Crippen molar-refractivity contribution < 1.29 is 13.6 Å². The molecule has 4 rings (SSSR count). The summed E-state index contributed by atoms with van der Waals surface area (Å²) in [5.74, 6) is 1.13. The van der Waals surface area contributed by atoms with Gasteiger partial charge < -0.3 is 9.32 Å². The molecular weight excluding hydrogens is 395 g/mol. The predicted molar refractivity (Wildman–Crippen MR) is 114 cm³/mol. The van der Waals surface area contributed by atoms with E-state index in [0.29, 0.717) is 31.0 Å². The molecule has 6 nitrogen and oxygen atoms in total. The molecule has 1 fully saturated rings. The van der Waals surface area contributed by atoms with E-state index in [1.807, 2.05) is 43.1 Å². The first kappa shape index (κ1) is 21.2. The molecule has 3 aromatic rings. The van der Waals surface area contributed by atoms with Gasteiger partial charge in [-0.05, 0) is 48.6 Å². The fourth-order valence-corrected chi connectivity index (χ4v) is 3.95. The summed E-state index contributed by atoms with van der Waals surface area (Å²) in [5, 5.41) is 8.06. The maximum Gasteiger partial charge on any atom is 0.223 e. The molecule has 31 heavy (non-hydrogen) atoms. The maximum atomic E-state index is 13.4. The standard InChI is InChI=1S/C24H27FN4O2/c1-16(2)24-28-27-22(31-24)10-11-23(30)29-12-4-7-21(29)20-9-8-18(15-26-20)13-17-5-3-6-19(25)14-17/h3,5-6,8-9,14-16,21H,4,7,10-13H2,1-2H3. The number of benzene rings is 1. The molecule has 0 aliphatic carbocycles. The van der Waals surface area contributed by atoms with Crippen LogP contribution in [0, 0.1) is 5.82 Å². The molecule has 1 unspecified atom stereocenters. The molecule has 1 saturated heterocycles. The van der Waals surface area contributed by atoms with Gasteiger partial charge in [0.05, 0.1) is 11.7 Å². The largest absolute Gasteiger partial charge is 0.425 e. The van der Waals surface area contributed by atoms with Crippen LogP contribution in [0.2, 0.25) is 0 Å². The van der Waals surface area contributed by atoms with Gasteiger partial charge in [0, 0.05) is 31.5 Å². The van der Waals surface area contributed by atoms with Gasteiger partial charge in [-0.2, -0.15) is 0 Å². The minimum Gasteiger partial charge on any atom is -0.425 e. The van der Waals surface area contributed by atoms with Gasteiger partial charge in [-0.3, -0.25) is 9.78 Å². The molecule has 1 aliphatic rings. The number of carbonyl (C=O) groups excluding carboxylic acids is 1. The van der Waals surface area contributed by atoms with E-state index in [-0.39, 0.29) is 23.7 Å². The quantitative estimate of drug-likeness (QED) is 0.556. The Labute approximate surface area is 181 Å². The van der Waals surface area contributed by atoms with Crippen molar-refractivity contribution in [2.24, 2.45) is 0 Å². The third kappa shape index (κ3) is 5.16. The highest BCUT2D eigenvalue weighted by atomic mass is 19.1. The molecule has 2 aromatic heterocycles. The zero-order valence-electron chi connectivity index (χ0n) is 17.9. The van der Waals surface area contributed by atoms with Crippen molar-refractivity contribution >= 4 is 5.91 Å². The molecular formula is C24H27FN4O2. The van der Waals surface area contributed by atoms with Gasteiger partial charge in [0.15, 0.2) is 0 Å². The number of aromatic nitrogens is 3. The lowest BCUT2D eigenvalue weighted by Gasteiger charge is -2.24. The van der Waals surface area contributed by atoms with E-state index in [1.54, 1.807) is 12.1 Å². The number of likely N-dealkylation sites (tertiary alicyclic amines) is 1. The Morgan fingerprint density at radius 2 is 2.10 bits per heavy atom. The van der Waals surface area contributed by atoms with E-state index in [0.717, 1.165) is 36.2 Å². The topological polar surface area (TPSA) is 72.1 Å². The minimum absolute atomic E-state index is 0.00960. The number of amides is 1. The highest BCUT2D eigenvalue weighted by molar-refractivity contribution is 5.77. The normalized spacial score (nSPS) is 16.3. The molecule has 1 atom stereocenters. The van der Waals surface area contributed by atoms with Crippen molar-refractivity contribution in [2.75, 3.05) is 6.54 Å². The number of hydrogen-bond donors (Lipinski definition) is 0. The van der Waals surface area contributed by atoms with Crippen molar-refractivity contribution in [3.05, 3.63) is 77.0 Å². The Hall–Kier alpha value is -3.09. The minimum atomic E-state index is -0.233. The lowest BCUT2D eigenvalue weighted by atomic mass is 10.0. The monoisotopic (exact) mass is 422 g/mol. The van der Waals surface area contributed by atoms with E-state index in [1.165, 1.54) is 6.07 Å². The summed E-state index contributed by atoms with van der Waals surface area (Å²) in [7, 11) is 0. The lowest BCUT2D eigenvalue weighted by molar-refractivity contribution is -0.132. The van der Waals surface area contributed by atoms with Gasteiger partial charge in [0.25, 0.3) is 0 Å². The average Bonchev–Trinajstić information content (AvgIpc) is 3.43. The van der Waals surface area contributed by atoms with Crippen molar-refractivity contribution in [2.45, 2.75) is 57.9 Å². The Morgan fingerprint density at radius 3 is 2.81 bits per heavy atom. The molecule has 0 saturated carbocycles. The van der Waals surface area contributed by atoms with Crippen LogP contribution in [0.1, 0.15) is 73.7 Å². The van der Waals surface area contributed by atoms with Crippen LogP contribution in [0.15, 0.2) is 47.0 Å². The number of halogens is 1. The number of hydrogen-bond acceptors (Lipinski definition) is 5. The Kier molecular flexibility index (Phi) is 6.39. The van der Waals surface area contributed by atoms with Crippen LogP contribution < -0.4 is 0 Å². The average molecular weight is 423 g/mol. The van der Waals surface area contributed by atoms with Gasteiger partial charge >= 0.3 is 0 Å². The molecule has 3 heterocycles. The van der Waals surface area contributed by atoms with Crippen LogP contribution in [0.4, 0.5) is 4.39 Å². The summed E-state index contributed by atoms with van der Waals surface area (Å²) in [6.07, 6.45) is 5.10. The molecule has 0 bridgehead atoms. The van der Waals surface area contributed by atoms with Crippen LogP contribution in [-0.2, 0) is 17.6 Å². The van der Waals surface area contributed by atoms with Crippen molar-refractivity contribution in [1.29, 1.82) is 0 Å². The molecule has 0 radical (unpaired) electrons. The summed E-state index contributed by atoms with van der Waals surface area (Å²) in [6.45, 7) is 4.72. The number of aryl methyl sites for hydroxylation is 1. The second kappa shape index (κ2) is 9.37. The van der Waals surface area contributed by atoms with E-state index in [4.69, 9.17) is 4.42 Å². The van der Waals surface area contributed by atoms with Gasteiger partial charge in [0.2, 0.25) is 17.7 Å². The number of carbonyl (C=O) groups is 1. The fraction of sp³-hybridized carbons (Fsp3) is 0.417. The highest BCUT2D eigenvalue weighted by Gasteiger charge is 2.30. The van der Waals surface area contributed by atoms with Crippen LogP contribution >= 0.6 is 0 Å². The third-order valence-electron chi connectivity index (χ3n) is 5.59. The lowest BCUT2D eigenvalue weighted by Crippen LogP contribution is -2.31. The molecule has 1 aliphatic heterocycles. The zero-order chi connectivity index (χ0) is 21.8. The third-order valence-corrected chi connectivity index (χ3v) is 5.59. The molecule has 7 heteroatoms. The van der Waals surface area contributed by atoms with Crippen molar-refractivity contribution in [1.82, 2.24) is 20.1 Å². The van der Waals surface area contributed by atoms with Crippen LogP contribution in [-0.4, -0.2) is 32.5 Å². The molecule has 0 spiro atoms. The van der Waals surface area contributed by atoms with Gasteiger partial charge in [-0.1, -0.05) is 32.0 Å². The second-order valence-electron chi connectivity index (χ2n) is 8.33. The predicted octanol–water partition coefficient (Wildman–Crippen LogP) is 4.61. The first-order valence-corrected chi connectivity index (χ1v) is 10.8. The number of rotatable bonds is 7. The Morgan fingerprint density at radius 1 is 1.23 bits per heavy atom. The van der Waals surface area contributed by atoms with Gasteiger partial charge in [-0.25, -0.2) is 4.39 Å². The van der Waals surface area contributed by atoms with Crippen molar-refractivity contribution in [3.63, 3.8) is 0 Å². The smallest absolute Gasteiger partial charge is 0.223 e. The maximum absolute atomic E-state index is 13.4. The van der Waals surface area contributed by atoms with Crippen LogP contribution in [0.25, 0.3) is 0 Å². The van der Waals surface area contributed by atoms with Gasteiger partial charge in [-0.15, -0.1) is 10.2 Å². The van der Waals surface area contributed by atoms with Gasteiger partial charge in [0.1, 0.15) is 5.82 Å². The van der Waals surface area contributed by atoms with E-state index >= 15 is 0 Å². The van der Waals surface area contributed by atoms with Crippen LogP contribution in [0.3, 0.4) is 0 Å². The van der Waals surface area contributed by atoms with Crippen LogP contribution in [0.5, 0.6) is 0 Å². The first-order chi connectivity index (χ1) is 15.0. The van der Waals surface area contributed by atoms with E-state index in [2.05, 4.69) is 15.2 Å². The Balaban J connectivity index is 1.37. The molecule has 162 valence electrons. The van der Waals surface area contributed by atoms with E-state index < -0.39 is 0 Å². The molecule has 1 aromatic carbocycles. The summed E-state index contributed by atoms with van der Waals surface area (Å²) < 4.78 is 19.0. The summed E-state index contributed by atoms with van der Waals surface area (Å²) in [6, 6.07) is 10.6. The zero-order valence-corrected chi connectivity index (χ0v) is 17.9. The Bertz CT molecular complexity index is 1030. The fourth-order valence-electron chi connectivity index (χ4n) is 3.95. The highest BCUT2D eigenvalue weighted by Crippen LogP contribution is 2.31. The summed E-state index contributed by atoms with van der Waals surface area (Å²) >= 11 is 0. The van der Waals surface area contributed by atoms with E-state index in [9.17, 15) is 9.18 Å².